The topological polar surface area (TPSA) is 108 Å². The fraction of sp³-hybridized carbons (Fsp3) is 0.478. The molecular formula is C23H31N5O4. The number of H-pyrrole nitrogens is 1. The molecule has 172 valence electrons. The van der Waals surface area contributed by atoms with Crippen molar-refractivity contribution in [2.24, 2.45) is 0 Å². The molecule has 0 bridgehead atoms. The van der Waals surface area contributed by atoms with E-state index in [1.165, 1.54) is 6.33 Å². The molecule has 0 radical (unpaired) electrons. The maximum atomic E-state index is 12.9. The second kappa shape index (κ2) is 9.84. The molecule has 2 N–H and O–H groups in total. The van der Waals surface area contributed by atoms with Crippen LogP contribution in [0.15, 0.2) is 36.7 Å². The zero-order valence-corrected chi connectivity index (χ0v) is 19.1. The average Bonchev–Trinajstić information content (AvgIpc) is 3.23. The zero-order chi connectivity index (χ0) is 23.3. The van der Waals surface area contributed by atoms with Crippen LogP contribution in [0.2, 0.25) is 0 Å². The summed E-state index contributed by atoms with van der Waals surface area (Å²) in [5, 5.41) is 2.94. The number of ether oxygens (including phenoxy) is 1. The molecule has 1 aliphatic heterocycles. The molecule has 0 saturated carbocycles. The summed E-state index contributed by atoms with van der Waals surface area (Å²) >= 11 is 0. The van der Waals surface area contributed by atoms with E-state index in [9.17, 15) is 14.4 Å². The number of nitrogens with zero attached hydrogens (tertiary/aromatic N) is 3. The highest BCUT2D eigenvalue weighted by Gasteiger charge is 2.29. The van der Waals surface area contributed by atoms with Crippen molar-refractivity contribution < 1.29 is 19.1 Å². The summed E-state index contributed by atoms with van der Waals surface area (Å²) in [5.41, 5.74) is 0.681. The molecule has 0 spiro atoms. The van der Waals surface area contributed by atoms with Gasteiger partial charge in [-0.05, 0) is 39.2 Å². The first-order valence-electron chi connectivity index (χ1n) is 10.8. The van der Waals surface area contributed by atoms with Crippen molar-refractivity contribution in [2.45, 2.75) is 51.8 Å². The number of rotatable bonds is 5. The largest absolute Gasteiger partial charge is 0.444 e. The van der Waals surface area contributed by atoms with Crippen LogP contribution in [-0.4, -0.2) is 69.5 Å². The van der Waals surface area contributed by atoms with Gasteiger partial charge in [0.05, 0.1) is 6.33 Å². The summed E-state index contributed by atoms with van der Waals surface area (Å²) in [6.07, 6.45) is 2.21. The minimum atomic E-state index is -0.543. The Morgan fingerprint density at radius 3 is 2.47 bits per heavy atom. The maximum Gasteiger partial charge on any atom is 0.410 e. The highest BCUT2D eigenvalue weighted by molar-refractivity contribution is 6.04. The highest BCUT2D eigenvalue weighted by Crippen LogP contribution is 2.16. The van der Waals surface area contributed by atoms with E-state index in [0.29, 0.717) is 32.5 Å². The van der Waals surface area contributed by atoms with Crippen LogP contribution in [-0.2, 0) is 11.3 Å². The van der Waals surface area contributed by atoms with Gasteiger partial charge in [-0.25, -0.2) is 9.78 Å². The van der Waals surface area contributed by atoms with E-state index in [1.807, 2.05) is 51.1 Å². The number of likely N-dealkylation sites (tertiary alicyclic amines) is 1. The van der Waals surface area contributed by atoms with Crippen LogP contribution in [0.3, 0.4) is 0 Å². The number of aromatic amines is 1. The smallest absolute Gasteiger partial charge is 0.410 e. The third-order valence-corrected chi connectivity index (χ3v) is 5.16. The van der Waals surface area contributed by atoms with Gasteiger partial charge in [0, 0.05) is 32.7 Å². The number of nitrogens with one attached hydrogen (secondary N) is 2. The van der Waals surface area contributed by atoms with E-state index >= 15 is 0 Å². The molecule has 1 saturated heterocycles. The van der Waals surface area contributed by atoms with Gasteiger partial charge in [0.25, 0.3) is 11.8 Å². The monoisotopic (exact) mass is 441 g/mol. The van der Waals surface area contributed by atoms with Crippen LogP contribution in [0, 0.1) is 0 Å². The van der Waals surface area contributed by atoms with Gasteiger partial charge in [-0.3, -0.25) is 9.59 Å². The number of carbonyl (C=O) groups is 3. The number of benzene rings is 1. The van der Waals surface area contributed by atoms with Crippen LogP contribution < -0.4 is 5.32 Å². The van der Waals surface area contributed by atoms with Crippen LogP contribution in [0.25, 0.3) is 0 Å². The highest BCUT2D eigenvalue weighted by atomic mass is 16.6. The molecule has 9 nitrogen and oxygen atoms in total. The van der Waals surface area contributed by atoms with Crippen molar-refractivity contribution in [3.8, 4) is 0 Å². The van der Waals surface area contributed by atoms with Gasteiger partial charge < -0.3 is 24.8 Å². The van der Waals surface area contributed by atoms with E-state index in [1.54, 1.807) is 16.8 Å². The molecule has 3 rings (SSSR count). The Bertz CT molecular complexity index is 943. The minimum Gasteiger partial charge on any atom is -0.444 e. The van der Waals surface area contributed by atoms with Crippen molar-refractivity contribution in [3.05, 3.63) is 53.6 Å². The molecule has 3 amide bonds. The van der Waals surface area contributed by atoms with Gasteiger partial charge in [-0.1, -0.05) is 30.3 Å². The standard InChI is InChI=1S/C23H31N5O4/c1-23(2,3)32-22(31)28-12-10-17(11-13-28)26-20(29)18-19(25-15-24-18)21(30)27(4)14-16-8-6-5-7-9-16/h5-9,15,17H,10-14H2,1-4H3,(H,24,25)(H,26,29). The molecule has 0 unspecified atom stereocenters. The Balaban J connectivity index is 1.55. The minimum absolute atomic E-state index is 0.0736. The fourth-order valence-electron chi connectivity index (χ4n) is 3.54. The zero-order valence-electron chi connectivity index (χ0n) is 19.1. The molecule has 0 aliphatic carbocycles. The maximum absolute atomic E-state index is 12.9. The second-order valence-electron chi connectivity index (χ2n) is 8.99. The molecule has 1 fully saturated rings. The number of hydrogen-bond donors (Lipinski definition) is 2. The molecule has 1 aromatic carbocycles. The molecule has 2 heterocycles. The number of carbonyl (C=O) groups excluding carboxylic acids is 3. The average molecular weight is 442 g/mol. The van der Waals surface area contributed by atoms with E-state index in [4.69, 9.17) is 4.74 Å². The van der Waals surface area contributed by atoms with Crippen molar-refractivity contribution in [1.29, 1.82) is 0 Å². The number of imidazole rings is 1. The van der Waals surface area contributed by atoms with E-state index in [-0.39, 0.29) is 29.4 Å². The van der Waals surface area contributed by atoms with Gasteiger partial charge in [-0.2, -0.15) is 0 Å². The Labute approximate surface area is 188 Å². The molecule has 1 aliphatic rings. The van der Waals surface area contributed by atoms with Crippen molar-refractivity contribution in [2.75, 3.05) is 20.1 Å². The Morgan fingerprint density at radius 2 is 1.84 bits per heavy atom. The van der Waals surface area contributed by atoms with Crippen molar-refractivity contribution >= 4 is 17.9 Å². The van der Waals surface area contributed by atoms with Gasteiger partial charge in [-0.15, -0.1) is 0 Å². The normalized spacial score (nSPS) is 14.7. The Kier molecular flexibility index (Phi) is 7.17. The van der Waals surface area contributed by atoms with Crippen LogP contribution >= 0.6 is 0 Å². The fourth-order valence-corrected chi connectivity index (χ4v) is 3.54. The van der Waals surface area contributed by atoms with Gasteiger partial charge in [0.1, 0.15) is 11.3 Å². The lowest BCUT2D eigenvalue weighted by atomic mass is 10.0. The van der Waals surface area contributed by atoms with Gasteiger partial charge >= 0.3 is 6.09 Å². The lowest BCUT2D eigenvalue weighted by Gasteiger charge is -2.33. The molecule has 1 aromatic heterocycles. The molecule has 9 heteroatoms. The van der Waals surface area contributed by atoms with Gasteiger partial charge in [0.15, 0.2) is 5.69 Å². The molecule has 0 atom stereocenters. The van der Waals surface area contributed by atoms with Crippen LogP contribution in [0.4, 0.5) is 4.79 Å². The number of aromatic nitrogens is 2. The first-order valence-corrected chi connectivity index (χ1v) is 10.8. The first-order chi connectivity index (χ1) is 15.1. The number of piperidine rings is 1. The Hall–Kier alpha value is -3.36. The van der Waals surface area contributed by atoms with E-state index in [0.717, 1.165) is 5.56 Å². The predicted molar refractivity (Wildman–Crippen MR) is 119 cm³/mol. The SMILES string of the molecule is CN(Cc1ccccc1)C(=O)c1[nH]cnc1C(=O)NC1CCN(C(=O)OC(C)(C)C)CC1. The molecule has 2 aromatic rings. The number of hydrogen-bond acceptors (Lipinski definition) is 5. The van der Waals surface area contributed by atoms with Gasteiger partial charge in [0.2, 0.25) is 0 Å². The summed E-state index contributed by atoms with van der Waals surface area (Å²) in [7, 11) is 1.68. The summed E-state index contributed by atoms with van der Waals surface area (Å²) in [4.78, 5) is 48.0. The summed E-state index contributed by atoms with van der Waals surface area (Å²) in [6.45, 7) is 6.90. The lowest BCUT2D eigenvalue weighted by Crippen LogP contribution is -2.48. The first kappa shape index (κ1) is 23.3. The lowest BCUT2D eigenvalue weighted by molar-refractivity contribution is 0.0199. The third kappa shape index (κ3) is 6.09. The second-order valence-corrected chi connectivity index (χ2v) is 8.99. The summed E-state index contributed by atoms with van der Waals surface area (Å²) < 4.78 is 5.40. The predicted octanol–water partition coefficient (Wildman–Crippen LogP) is 2.81. The van der Waals surface area contributed by atoms with Crippen LogP contribution in [0.5, 0.6) is 0 Å². The van der Waals surface area contributed by atoms with E-state index in [2.05, 4.69) is 15.3 Å². The van der Waals surface area contributed by atoms with Crippen molar-refractivity contribution in [3.63, 3.8) is 0 Å². The molecule has 32 heavy (non-hydrogen) atoms. The summed E-state index contributed by atoms with van der Waals surface area (Å²) in [6, 6.07) is 9.51. The van der Waals surface area contributed by atoms with E-state index < -0.39 is 11.5 Å². The third-order valence-electron chi connectivity index (χ3n) is 5.16. The van der Waals surface area contributed by atoms with Crippen molar-refractivity contribution in [1.82, 2.24) is 25.1 Å². The number of amides is 3. The molecular weight excluding hydrogens is 410 g/mol. The van der Waals surface area contributed by atoms with Crippen LogP contribution in [0.1, 0.15) is 60.2 Å². The summed E-state index contributed by atoms with van der Waals surface area (Å²) in [5.74, 6) is -0.713. The quantitative estimate of drug-likeness (QED) is 0.742. The Morgan fingerprint density at radius 1 is 1.19 bits per heavy atom.